The van der Waals surface area contributed by atoms with E-state index in [9.17, 15) is 19.2 Å². The van der Waals surface area contributed by atoms with Crippen molar-refractivity contribution >= 4 is 23.9 Å². The van der Waals surface area contributed by atoms with Crippen LogP contribution in [-0.4, -0.2) is 100 Å². The van der Waals surface area contributed by atoms with Gasteiger partial charge in [0, 0.05) is 25.8 Å². The molecule has 0 aliphatic carbocycles. The summed E-state index contributed by atoms with van der Waals surface area (Å²) in [7, 11) is 4.03. The molecule has 3 N–H and O–H groups in total. The van der Waals surface area contributed by atoms with Crippen LogP contribution in [0.15, 0.2) is 54.9 Å². The van der Waals surface area contributed by atoms with Gasteiger partial charge in [-0.1, -0.05) is 44.2 Å². The van der Waals surface area contributed by atoms with Gasteiger partial charge in [-0.3, -0.25) is 14.4 Å². The van der Waals surface area contributed by atoms with Gasteiger partial charge in [0.25, 0.3) is 0 Å². The van der Waals surface area contributed by atoms with E-state index in [0.29, 0.717) is 48.0 Å². The van der Waals surface area contributed by atoms with Crippen LogP contribution in [0, 0.1) is 17.7 Å². The van der Waals surface area contributed by atoms with Crippen LogP contribution in [0.2, 0.25) is 0 Å². The van der Waals surface area contributed by atoms with Gasteiger partial charge in [-0.25, -0.2) is 19.2 Å². The standard InChI is InChI=1S/C41H50FN7O7/c1-23(2)29(20-35(50)55-5)39(51)48-17-7-9-33(48)37-43-21-31(45-37)26-13-11-25(12-14-26)27-15-16-28(30(42)19-27)32-22-44-38(46-32)34-10-8-18-49(34)40(52)36(24(3)54-4)47-41(53)56-6/h11-16,19,21-24,29,33-34,36H,7-10,17-18,20H2,1-6H3,(H,43,45)(H,44,46)(H,47,53)/t24-,29+,33+,34+,36-/m1/s1. The molecule has 0 saturated carbocycles. The predicted octanol–water partition coefficient (Wildman–Crippen LogP) is 6.19. The second-order valence-corrected chi connectivity index (χ2v) is 14.7. The molecule has 2 fully saturated rings. The second kappa shape index (κ2) is 17.5. The number of alkyl carbamates (subject to hydrolysis) is 1. The highest BCUT2D eigenvalue weighted by molar-refractivity contribution is 5.87. The number of carbonyl (C=O) groups excluding carboxylic acids is 4. The van der Waals surface area contributed by atoms with E-state index in [-0.39, 0.29) is 36.2 Å². The van der Waals surface area contributed by atoms with Gasteiger partial charge in [0.15, 0.2) is 0 Å². The van der Waals surface area contributed by atoms with E-state index in [1.54, 1.807) is 30.3 Å². The Bertz CT molecular complexity index is 2030. The van der Waals surface area contributed by atoms with Crippen molar-refractivity contribution in [2.24, 2.45) is 11.8 Å². The molecule has 2 aliphatic heterocycles. The van der Waals surface area contributed by atoms with Gasteiger partial charge in [-0.15, -0.1) is 0 Å². The minimum atomic E-state index is -0.956. The number of amides is 3. The number of methoxy groups -OCH3 is 3. The number of aromatic amines is 2. The van der Waals surface area contributed by atoms with Crippen molar-refractivity contribution in [2.75, 3.05) is 34.4 Å². The Kier molecular flexibility index (Phi) is 12.5. The summed E-state index contributed by atoms with van der Waals surface area (Å²) in [5.41, 5.74) is 4.02. The maximum Gasteiger partial charge on any atom is 0.407 e. The maximum atomic E-state index is 15.7. The molecule has 6 rings (SSSR count). The average Bonchev–Trinajstić information content (AvgIpc) is 4.05. The van der Waals surface area contributed by atoms with Gasteiger partial charge in [0.1, 0.15) is 23.5 Å². The third-order valence-corrected chi connectivity index (χ3v) is 11.0. The summed E-state index contributed by atoms with van der Waals surface area (Å²) in [5.74, 6) is -0.479. The van der Waals surface area contributed by atoms with Crippen LogP contribution in [-0.2, 0) is 28.6 Å². The number of rotatable bonds is 13. The van der Waals surface area contributed by atoms with Gasteiger partial charge >= 0.3 is 12.1 Å². The number of ether oxygens (including phenoxy) is 3. The summed E-state index contributed by atoms with van der Waals surface area (Å²) in [5, 5.41) is 2.58. The molecule has 4 aromatic rings. The Morgan fingerprint density at radius 3 is 1.95 bits per heavy atom. The number of likely N-dealkylation sites (tertiary alicyclic amines) is 2. The Morgan fingerprint density at radius 2 is 1.38 bits per heavy atom. The molecular formula is C41H50FN7O7. The summed E-state index contributed by atoms with van der Waals surface area (Å²) in [6.45, 7) is 6.64. The zero-order valence-corrected chi connectivity index (χ0v) is 32.6. The summed E-state index contributed by atoms with van der Waals surface area (Å²) >= 11 is 0. The first kappa shape index (κ1) is 40.1. The lowest BCUT2D eigenvalue weighted by molar-refractivity contribution is -0.148. The molecule has 14 nitrogen and oxygen atoms in total. The molecule has 298 valence electrons. The number of halogens is 1. The normalized spacial score (nSPS) is 18.5. The number of esters is 1. The SMILES string of the molecule is COC(=O)C[C@H](C(=O)N1CCC[C@H]1c1ncc(-c2ccc(-c3ccc(-c4cnc([C@@H]5CCCN5C(=O)[C@H](NC(=O)OC)[C@@H](C)OC)[nH]4)c(F)c3)cc2)[nH]1)C(C)C. The second-order valence-electron chi connectivity index (χ2n) is 14.7. The third kappa shape index (κ3) is 8.47. The first-order valence-corrected chi connectivity index (χ1v) is 19.0. The zero-order chi connectivity index (χ0) is 40.1. The lowest BCUT2D eigenvalue weighted by atomic mass is 9.91. The van der Waals surface area contributed by atoms with E-state index in [2.05, 4.69) is 25.3 Å². The van der Waals surface area contributed by atoms with E-state index in [1.165, 1.54) is 27.4 Å². The molecule has 2 aromatic heterocycles. The first-order chi connectivity index (χ1) is 26.9. The van der Waals surface area contributed by atoms with E-state index in [4.69, 9.17) is 14.2 Å². The van der Waals surface area contributed by atoms with Crippen molar-refractivity contribution in [1.82, 2.24) is 35.1 Å². The molecule has 2 aromatic carbocycles. The lowest BCUT2D eigenvalue weighted by Crippen LogP contribution is -2.54. The number of aromatic nitrogens is 4. The number of hydrogen-bond acceptors (Lipinski definition) is 9. The van der Waals surface area contributed by atoms with Crippen LogP contribution in [0.5, 0.6) is 0 Å². The summed E-state index contributed by atoms with van der Waals surface area (Å²) in [6, 6.07) is 11.2. The van der Waals surface area contributed by atoms with Crippen molar-refractivity contribution in [3.8, 4) is 33.6 Å². The van der Waals surface area contributed by atoms with Gasteiger partial charge in [-0.05, 0) is 67.3 Å². The first-order valence-electron chi connectivity index (χ1n) is 19.0. The van der Waals surface area contributed by atoms with E-state index >= 15 is 4.39 Å². The van der Waals surface area contributed by atoms with Gasteiger partial charge in [0.2, 0.25) is 11.8 Å². The molecule has 3 amide bonds. The lowest BCUT2D eigenvalue weighted by Gasteiger charge is -2.30. The van der Waals surface area contributed by atoms with Crippen molar-refractivity contribution < 1.29 is 37.8 Å². The molecule has 56 heavy (non-hydrogen) atoms. The van der Waals surface area contributed by atoms with E-state index in [0.717, 1.165) is 36.1 Å². The van der Waals surface area contributed by atoms with Crippen molar-refractivity contribution in [3.63, 3.8) is 0 Å². The Hall–Kier alpha value is -5.57. The number of carbonyl (C=O) groups is 4. The highest BCUT2D eigenvalue weighted by atomic mass is 19.1. The Morgan fingerprint density at radius 1 is 0.804 bits per heavy atom. The quantitative estimate of drug-likeness (QED) is 0.134. The third-order valence-electron chi connectivity index (χ3n) is 11.0. The molecule has 0 unspecified atom stereocenters. The molecule has 0 radical (unpaired) electrons. The fraction of sp³-hybridized carbons (Fsp3) is 0.463. The Labute approximate surface area is 325 Å². The Balaban J connectivity index is 1.13. The summed E-state index contributed by atoms with van der Waals surface area (Å²) in [4.78, 5) is 70.5. The topological polar surface area (TPSA) is 172 Å². The van der Waals surface area contributed by atoms with Gasteiger partial charge in [-0.2, -0.15) is 0 Å². The van der Waals surface area contributed by atoms with E-state index < -0.39 is 35.9 Å². The van der Waals surface area contributed by atoms with Crippen molar-refractivity contribution in [1.29, 1.82) is 0 Å². The minimum absolute atomic E-state index is 0.0210. The maximum absolute atomic E-state index is 15.7. The highest BCUT2D eigenvalue weighted by Crippen LogP contribution is 2.36. The molecule has 2 saturated heterocycles. The molecule has 0 spiro atoms. The van der Waals surface area contributed by atoms with Crippen LogP contribution in [0.25, 0.3) is 33.6 Å². The van der Waals surface area contributed by atoms with Crippen molar-refractivity contribution in [2.45, 2.75) is 77.1 Å². The van der Waals surface area contributed by atoms with Crippen LogP contribution >= 0.6 is 0 Å². The molecule has 2 aliphatic rings. The van der Waals surface area contributed by atoms with E-state index in [1.807, 2.05) is 49.1 Å². The summed E-state index contributed by atoms with van der Waals surface area (Å²) < 4.78 is 30.6. The average molecular weight is 772 g/mol. The highest BCUT2D eigenvalue weighted by Gasteiger charge is 2.39. The summed E-state index contributed by atoms with van der Waals surface area (Å²) in [6.07, 6.45) is 5.02. The van der Waals surface area contributed by atoms with Crippen LogP contribution < -0.4 is 5.32 Å². The number of nitrogens with zero attached hydrogens (tertiary/aromatic N) is 4. The molecule has 5 atom stereocenters. The van der Waals surface area contributed by atoms with Crippen LogP contribution in [0.1, 0.15) is 76.6 Å². The van der Waals surface area contributed by atoms with Crippen LogP contribution in [0.4, 0.5) is 9.18 Å². The molecule has 4 heterocycles. The van der Waals surface area contributed by atoms with Gasteiger partial charge in [0.05, 0.1) is 68.5 Å². The van der Waals surface area contributed by atoms with Crippen LogP contribution in [0.3, 0.4) is 0 Å². The zero-order valence-electron chi connectivity index (χ0n) is 32.6. The number of hydrogen-bond donors (Lipinski definition) is 3. The predicted molar refractivity (Wildman–Crippen MR) is 205 cm³/mol. The molecule has 15 heteroatoms. The monoisotopic (exact) mass is 771 g/mol. The number of nitrogens with one attached hydrogen (secondary N) is 3. The fourth-order valence-electron chi connectivity index (χ4n) is 7.64. The fourth-order valence-corrected chi connectivity index (χ4v) is 7.64. The van der Waals surface area contributed by atoms with Gasteiger partial charge < -0.3 is 39.3 Å². The minimum Gasteiger partial charge on any atom is -0.469 e. The largest absolute Gasteiger partial charge is 0.469 e. The number of H-pyrrole nitrogens is 2. The number of imidazole rings is 2. The number of benzene rings is 2. The molecular weight excluding hydrogens is 721 g/mol. The molecule has 0 bridgehead atoms. The smallest absolute Gasteiger partial charge is 0.407 e. The van der Waals surface area contributed by atoms with Crippen molar-refractivity contribution in [3.05, 3.63) is 72.3 Å².